The molecular weight excluding hydrogens is 430 g/mol. The molecule has 2 aromatic heterocycles. The van der Waals surface area contributed by atoms with Crippen LogP contribution in [0.15, 0.2) is 40.9 Å². The zero-order chi connectivity index (χ0) is 22.2. The molecular formula is C22H25N5O2S2. The van der Waals surface area contributed by atoms with Gasteiger partial charge in [-0.25, -0.2) is 4.98 Å². The molecule has 3 rings (SSSR count). The van der Waals surface area contributed by atoms with Gasteiger partial charge in [-0.1, -0.05) is 43.8 Å². The number of aryl methyl sites for hydroxylation is 1. The average molecular weight is 456 g/mol. The third kappa shape index (κ3) is 6.39. The summed E-state index contributed by atoms with van der Waals surface area (Å²) in [5, 5.41) is 21.1. The number of hydrogen-bond donors (Lipinski definition) is 0. The lowest BCUT2D eigenvalue weighted by Gasteiger charge is -2.12. The second-order valence-electron chi connectivity index (χ2n) is 7.48. The van der Waals surface area contributed by atoms with Crippen molar-refractivity contribution < 1.29 is 9.53 Å². The van der Waals surface area contributed by atoms with Gasteiger partial charge in [0.1, 0.15) is 17.4 Å². The number of benzene rings is 1. The molecule has 162 valence electrons. The Balaban J connectivity index is 1.69. The van der Waals surface area contributed by atoms with Crippen LogP contribution in [0, 0.1) is 24.2 Å². The van der Waals surface area contributed by atoms with Crippen LogP contribution in [0.5, 0.6) is 5.75 Å². The number of thiazole rings is 1. The van der Waals surface area contributed by atoms with E-state index in [0.29, 0.717) is 28.5 Å². The summed E-state index contributed by atoms with van der Waals surface area (Å²) in [6.07, 6.45) is 0.955. The number of para-hydroxylation sites is 1. The fraction of sp³-hybridized carbons (Fsp3) is 0.409. The Hall–Kier alpha value is -2.70. The lowest BCUT2D eigenvalue weighted by Crippen LogP contribution is -2.14. The molecule has 0 aliphatic carbocycles. The number of carbonyl (C=O) groups is 1. The van der Waals surface area contributed by atoms with Crippen LogP contribution in [0.3, 0.4) is 0 Å². The predicted molar refractivity (Wildman–Crippen MR) is 121 cm³/mol. The fourth-order valence-electron chi connectivity index (χ4n) is 2.80. The van der Waals surface area contributed by atoms with Gasteiger partial charge in [-0.2, -0.15) is 5.26 Å². The number of nitriles is 1. The number of ether oxygens (including phenoxy) is 1. The van der Waals surface area contributed by atoms with Crippen LogP contribution in [0.4, 0.5) is 0 Å². The molecule has 0 N–H and O–H groups in total. The summed E-state index contributed by atoms with van der Waals surface area (Å²) in [4.78, 5) is 17.0. The van der Waals surface area contributed by atoms with Crippen molar-refractivity contribution in [1.29, 1.82) is 5.26 Å². The fourth-order valence-corrected chi connectivity index (χ4v) is 4.55. The highest BCUT2D eigenvalue weighted by molar-refractivity contribution is 7.99. The van der Waals surface area contributed by atoms with Gasteiger partial charge in [0.15, 0.2) is 22.7 Å². The van der Waals surface area contributed by atoms with Crippen molar-refractivity contribution in [1.82, 2.24) is 19.7 Å². The summed E-state index contributed by atoms with van der Waals surface area (Å²) >= 11 is 2.65. The molecule has 1 atom stereocenters. The lowest BCUT2D eigenvalue weighted by atomic mass is 10.1. The van der Waals surface area contributed by atoms with Crippen LogP contribution in [0.1, 0.15) is 42.7 Å². The minimum absolute atomic E-state index is 0.135. The summed E-state index contributed by atoms with van der Waals surface area (Å²) in [5.74, 6) is 1.10. The molecule has 0 aliphatic rings. The molecule has 0 saturated carbocycles. The van der Waals surface area contributed by atoms with Crippen molar-refractivity contribution in [3.8, 4) is 11.8 Å². The number of nitrogens with zero attached hydrogens (tertiary/aromatic N) is 5. The van der Waals surface area contributed by atoms with Crippen LogP contribution in [-0.2, 0) is 17.9 Å². The monoisotopic (exact) mass is 455 g/mol. The molecule has 0 spiro atoms. The highest BCUT2D eigenvalue weighted by Crippen LogP contribution is 2.25. The Morgan fingerprint density at radius 3 is 2.71 bits per heavy atom. The summed E-state index contributed by atoms with van der Waals surface area (Å²) in [6, 6.07) is 11.6. The summed E-state index contributed by atoms with van der Waals surface area (Å²) in [5.41, 5.74) is 0.817. The molecule has 0 fully saturated rings. The molecule has 0 aliphatic heterocycles. The molecule has 31 heavy (non-hydrogen) atoms. The minimum atomic E-state index is -0.848. The smallest absolute Gasteiger partial charge is 0.191 e. The van der Waals surface area contributed by atoms with Gasteiger partial charge in [-0.05, 0) is 31.4 Å². The molecule has 1 unspecified atom stereocenters. The largest absolute Gasteiger partial charge is 0.486 e. The Morgan fingerprint density at radius 1 is 1.29 bits per heavy atom. The number of aromatic nitrogens is 4. The van der Waals surface area contributed by atoms with E-state index in [1.165, 1.54) is 23.1 Å². The van der Waals surface area contributed by atoms with Crippen molar-refractivity contribution in [2.75, 3.05) is 5.75 Å². The van der Waals surface area contributed by atoms with Gasteiger partial charge < -0.3 is 9.30 Å². The van der Waals surface area contributed by atoms with Crippen LogP contribution < -0.4 is 4.74 Å². The first-order valence-electron chi connectivity index (χ1n) is 10.0. The molecule has 0 bridgehead atoms. The normalized spacial score (nSPS) is 12.0. The molecule has 7 nitrogen and oxygen atoms in total. The van der Waals surface area contributed by atoms with E-state index in [0.717, 1.165) is 24.4 Å². The second-order valence-corrected chi connectivity index (χ2v) is 9.31. The van der Waals surface area contributed by atoms with Crippen molar-refractivity contribution in [3.63, 3.8) is 0 Å². The average Bonchev–Trinajstić information content (AvgIpc) is 3.36. The van der Waals surface area contributed by atoms with Gasteiger partial charge in [0.25, 0.3) is 0 Å². The van der Waals surface area contributed by atoms with E-state index < -0.39 is 5.92 Å². The molecule has 1 aromatic carbocycles. The summed E-state index contributed by atoms with van der Waals surface area (Å²) < 4.78 is 7.85. The van der Waals surface area contributed by atoms with Crippen LogP contribution in [0.25, 0.3) is 0 Å². The highest BCUT2D eigenvalue weighted by atomic mass is 32.2. The SMILES string of the molecule is Cc1csc(C(C#N)C(=O)CSc2nnc(COc3ccccc3)n2CCC(C)C)n1. The number of Topliss-reactive ketones (excluding diaryl/α,β-unsaturated/α-hetero) is 1. The Labute approximate surface area is 190 Å². The van der Waals surface area contributed by atoms with E-state index in [4.69, 9.17) is 4.74 Å². The zero-order valence-electron chi connectivity index (χ0n) is 17.8. The first kappa shape index (κ1) is 23.0. The van der Waals surface area contributed by atoms with Crippen molar-refractivity contribution in [3.05, 3.63) is 52.2 Å². The number of hydrogen-bond acceptors (Lipinski definition) is 8. The maximum atomic E-state index is 12.7. The molecule has 3 aromatic rings. The van der Waals surface area contributed by atoms with Crippen LogP contribution in [-0.4, -0.2) is 31.3 Å². The van der Waals surface area contributed by atoms with Crippen molar-refractivity contribution in [2.45, 2.75) is 51.4 Å². The number of rotatable bonds is 11. The standard InChI is InChI=1S/C22H25N5O2S2/c1-15(2)9-10-27-20(12-29-17-7-5-4-6-8-17)25-26-22(27)31-14-19(28)18(11-23)21-24-16(3)13-30-21/h4-8,13,15,18H,9-10,12,14H2,1-3H3. The van der Waals surface area contributed by atoms with Crippen LogP contribution >= 0.6 is 23.1 Å². The minimum Gasteiger partial charge on any atom is -0.486 e. The van der Waals surface area contributed by atoms with Crippen molar-refractivity contribution in [2.24, 2.45) is 5.92 Å². The second kappa shape index (κ2) is 11.1. The van der Waals surface area contributed by atoms with Gasteiger partial charge in [0.2, 0.25) is 0 Å². The summed E-state index contributed by atoms with van der Waals surface area (Å²) in [6.45, 7) is 7.21. The Morgan fingerprint density at radius 2 is 2.06 bits per heavy atom. The third-order valence-electron chi connectivity index (χ3n) is 4.51. The van der Waals surface area contributed by atoms with Crippen LogP contribution in [0.2, 0.25) is 0 Å². The van der Waals surface area contributed by atoms with E-state index >= 15 is 0 Å². The lowest BCUT2D eigenvalue weighted by molar-refractivity contribution is -0.116. The van der Waals surface area contributed by atoms with E-state index in [2.05, 4.69) is 35.1 Å². The number of carbonyl (C=O) groups excluding carboxylic acids is 1. The van der Waals surface area contributed by atoms with Gasteiger partial charge in [-0.15, -0.1) is 21.5 Å². The first-order chi connectivity index (χ1) is 15.0. The zero-order valence-corrected chi connectivity index (χ0v) is 19.4. The molecule has 0 radical (unpaired) electrons. The Bertz CT molecular complexity index is 1040. The molecule has 9 heteroatoms. The maximum Gasteiger partial charge on any atom is 0.191 e. The van der Waals surface area contributed by atoms with Gasteiger partial charge in [0, 0.05) is 17.6 Å². The van der Waals surface area contributed by atoms with E-state index in [9.17, 15) is 10.1 Å². The quantitative estimate of drug-likeness (QED) is 0.389. The van der Waals surface area contributed by atoms with Crippen molar-refractivity contribution >= 4 is 28.9 Å². The van der Waals surface area contributed by atoms with E-state index in [1.54, 1.807) is 0 Å². The molecule has 0 amide bonds. The summed E-state index contributed by atoms with van der Waals surface area (Å²) in [7, 11) is 0. The third-order valence-corrected chi connectivity index (χ3v) is 6.53. The van der Waals surface area contributed by atoms with Gasteiger partial charge in [0.05, 0.1) is 11.8 Å². The number of ketones is 1. The maximum absolute atomic E-state index is 12.7. The number of thioether (sulfide) groups is 1. The van der Waals surface area contributed by atoms with Gasteiger partial charge >= 0.3 is 0 Å². The Kier molecular flexibility index (Phi) is 8.20. The van der Waals surface area contributed by atoms with Gasteiger partial charge in [-0.3, -0.25) is 4.79 Å². The molecule has 0 saturated heterocycles. The molecule has 2 heterocycles. The predicted octanol–water partition coefficient (Wildman–Crippen LogP) is 4.64. The van der Waals surface area contributed by atoms with E-state index in [1.807, 2.05) is 47.2 Å². The first-order valence-corrected chi connectivity index (χ1v) is 11.9. The highest BCUT2D eigenvalue weighted by Gasteiger charge is 2.24. The van der Waals surface area contributed by atoms with E-state index in [-0.39, 0.29) is 11.5 Å². The topological polar surface area (TPSA) is 93.7 Å².